The fourth-order valence-corrected chi connectivity index (χ4v) is 3.81. The smallest absolute Gasteiger partial charge is 0.251 e. The van der Waals surface area contributed by atoms with E-state index in [4.69, 9.17) is 4.74 Å². The Morgan fingerprint density at radius 1 is 1.03 bits per heavy atom. The molecule has 0 unspecified atom stereocenters. The van der Waals surface area contributed by atoms with Crippen LogP contribution in [-0.4, -0.2) is 68.6 Å². The molecule has 34 heavy (non-hydrogen) atoms. The summed E-state index contributed by atoms with van der Waals surface area (Å²) in [6.45, 7) is 6.88. The number of rotatable bonds is 9. The fourth-order valence-electron chi connectivity index (χ4n) is 3.81. The van der Waals surface area contributed by atoms with Crippen molar-refractivity contribution in [2.24, 2.45) is 5.92 Å². The van der Waals surface area contributed by atoms with E-state index < -0.39 is 6.04 Å². The lowest BCUT2D eigenvalue weighted by Gasteiger charge is -2.29. The SMILES string of the molecule is CC[C@H](C)[C@H](NC(=O)c1ccccc1)C(=O)N(C)CC(=O)Nc1ccc(N2CCOCC2)cc1. The highest BCUT2D eigenvalue weighted by atomic mass is 16.5. The molecule has 3 rings (SSSR count). The molecule has 8 heteroatoms. The quantitative estimate of drug-likeness (QED) is 0.593. The lowest BCUT2D eigenvalue weighted by Crippen LogP contribution is -2.52. The van der Waals surface area contributed by atoms with E-state index in [0.717, 1.165) is 18.8 Å². The number of benzene rings is 2. The van der Waals surface area contributed by atoms with Crippen LogP contribution in [0.5, 0.6) is 0 Å². The number of carbonyl (C=O) groups is 3. The van der Waals surface area contributed by atoms with Crippen molar-refractivity contribution in [2.75, 3.05) is 50.1 Å². The zero-order chi connectivity index (χ0) is 24.5. The summed E-state index contributed by atoms with van der Waals surface area (Å²) in [7, 11) is 1.58. The molecule has 1 saturated heterocycles. The predicted molar refractivity (Wildman–Crippen MR) is 133 cm³/mol. The number of ether oxygens (including phenoxy) is 1. The van der Waals surface area contributed by atoms with Gasteiger partial charge in [0.2, 0.25) is 11.8 Å². The molecule has 8 nitrogen and oxygen atoms in total. The van der Waals surface area contributed by atoms with Crippen LogP contribution in [0.4, 0.5) is 11.4 Å². The highest BCUT2D eigenvalue weighted by molar-refractivity contribution is 5.99. The van der Waals surface area contributed by atoms with Gasteiger partial charge in [-0.2, -0.15) is 0 Å². The summed E-state index contributed by atoms with van der Waals surface area (Å²) in [4.78, 5) is 42.0. The number of amides is 3. The molecule has 0 aliphatic carbocycles. The molecule has 0 radical (unpaired) electrons. The maximum atomic E-state index is 13.1. The Kier molecular flexibility index (Phi) is 9.04. The molecular weight excluding hydrogens is 432 g/mol. The second-order valence-electron chi connectivity index (χ2n) is 8.59. The minimum absolute atomic E-state index is 0.0848. The lowest BCUT2D eigenvalue weighted by atomic mass is 9.97. The van der Waals surface area contributed by atoms with E-state index in [1.165, 1.54) is 4.90 Å². The number of nitrogens with zero attached hydrogens (tertiary/aromatic N) is 2. The topological polar surface area (TPSA) is 91.0 Å². The van der Waals surface area contributed by atoms with Gasteiger partial charge in [0, 0.05) is 37.1 Å². The Morgan fingerprint density at radius 2 is 1.68 bits per heavy atom. The van der Waals surface area contributed by atoms with E-state index in [2.05, 4.69) is 15.5 Å². The van der Waals surface area contributed by atoms with E-state index >= 15 is 0 Å². The molecule has 2 N–H and O–H groups in total. The van der Waals surface area contributed by atoms with Crippen molar-refractivity contribution >= 4 is 29.1 Å². The first-order chi connectivity index (χ1) is 16.4. The van der Waals surface area contributed by atoms with Gasteiger partial charge in [-0.3, -0.25) is 14.4 Å². The largest absolute Gasteiger partial charge is 0.378 e. The van der Waals surface area contributed by atoms with Crippen LogP contribution < -0.4 is 15.5 Å². The van der Waals surface area contributed by atoms with Gasteiger partial charge in [0.1, 0.15) is 6.04 Å². The van der Waals surface area contributed by atoms with Crippen LogP contribution in [-0.2, 0) is 14.3 Å². The van der Waals surface area contributed by atoms with E-state index in [-0.39, 0.29) is 30.2 Å². The molecule has 0 bridgehead atoms. The van der Waals surface area contributed by atoms with Gasteiger partial charge in [0.05, 0.1) is 19.8 Å². The summed E-state index contributed by atoms with van der Waals surface area (Å²) in [5, 5.41) is 5.69. The predicted octanol–water partition coefficient (Wildman–Crippen LogP) is 2.76. The van der Waals surface area contributed by atoms with Crippen molar-refractivity contribution in [3.05, 3.63) is 60.2 Å². The molecular formula is C26H34N4O4. The minimum atomic E-state index is -0.719. The number of hydrogen-bond donors (Lipinski definition) is 2. The van der Waals surface area contributed by atoms with Gasteiger partial charge in [0.25, 0.3) is 5.91 Å². The van der Waals surface area contributed by atoms with Gasteiger partial charge in [0.15, 0.2) is 0 Å². The zero-order valence-corrected chi connectivity index (χ0v) is 20.1. The van der Waals surface area contributed by atoms with Crippen LogP contribution in [0.3, 0.4) is 0 Å². The molecule has 1 fully saturated rings. The standard InChI is InChI=1S/C26H34N4O4/c1-4-19(2)24(28-25(32)20-8-6-5-7-9-20)26(33)29(3)18-23(31)27-21-10-12-22(13-11-21)30-14-16-34-17-15-30/h5-13,19,24H,4,14-18H2,1-3H3,(H,27,31)(H,28,32)/t19-,24-/m0/s1. The Morgan fingerprint density at radius 3 is 2.29 bits per heavy atom. The highest BCUT2D eigenvalue weighted by Crippen LogP contribution is 2.19. The molecule has 2 aromatic carbocycles. The van der Waals surface area contributed by atoms with Crippen molar-refractivity contribution in [3.8, 4) is 0 Å². The number of likely N-dealkylation sites (N-methyl/N-ethyl adjacent to an activating group) is 1. The van der Waals surface area contributed by atoms with Crippen molar-refractivity contribution in [1.82, 2.24) is 10.2 Å². The van der Waals surface area contributed by atoms with Gasteiger partial charge in [-0.1, -0.05) is 38.5 Å². The van der Waals surface area contributed by atoms with E-state index in [1.807, 2.05) is 44.2 Å². The summed E-state index contributed by atoms with van der Waals surface area (Å²) >= 11 is 0. The summed E-state index contributed by atoms with van der Waals surface area (Å²) in [6, 6.07) is 15.7. The van der Waals surface area contributed by atoms with Gasteiger partial charge in [-0.15, -0.1) is 0 Å². The summed E-state index contributed by atoms with van der Waals surface area (Å²) in [5.41, 5.74) is 2.24. The average Bonchev–Trinajstić information content (AvgIpc) is 2.87. The molecule has 0 saturated carbocycles. The molecule has 1 aliphatic heterocycles. The minimum Gasteiger partial charge on any atom is -0.378 e. The molecule has 3 amide bonds. The molecule has 182 valence electrons. The van der Waals surface area contributed by atoms with E-state index in [0.29, 0.717) is 30.9 Å². The molecule has 0 aromatic heterocycles. The molecule has 2 atom stereocenters. The zero-order valence-electron chi connectivity index (χ0n) is 20.1. The summed E-state index contributed by atoms with van der Waals surface area (Å²) in [6.07, 6.45) is 0.709. The number of nitrogens with one attached hydrogen (secondary N) is 2. The third-order valence-electron chi connectivity index (χ3n) is 6.09. The Balaban J connectivity index is 1.57. The Bertz CT molecular complexity index is 959. The maximum absolute atomic E-state index is 13.1. The summed E-state index contributed by atoms with van der Waals surface area (Å²) in [5.74, 6) is -0.987. The van der Waals surface area contributed by atoms with Crippen LogP contribution in [0.2, 0.25) is 0 Å². The lowest BCUT2D eigenvalue weighted by molar-refractivity contribution is -0.136. The molecule has 0 spiro atoms. The van der Waals surface area contributed by atoms with Gasteiger partial charge in [-0.05, 0) is 42.3 Å². The van der Waals surface area contributed by atoms with Crippen molar-refractivity contribution < 1.29 is 19.1 Å². The second-order valence-corrected chi connectivity index (χ2v) is 8.59. The summed E-state index contributed by atoms with van der Waals surface area (Å²) < 4.78 is 5.38. The van der Waals surface area contributed by atoms with Crippen LogP contribution in [0.25, 0.3) is 0 Å². The molecule has 2 aromatic rings. The number of morpholine rings is 1. The van der Waals surface area contributed by atoms with Crippen molar-refractivity contribution in [1.29, 1.82) is 0 Å². The van der Waals surface area contributed by atoms with Crippen LogP contribution in [0, 0.1) is 5.92 Å². The third-order valence-corrected chi connectivity index (χ3v) is 6.09. The van der Waals surface area contributed by atoms with Crippen LogP contribution >= 0.6 is 0 Å². The highest BCUT2D eigenvalue weighted by Gasteiger charge is 2.29. The Labute approximate surface area is 201 Å². The van der Waals surface area contributed by atoms with Crippen molar-refractivity contribution in [2.45, 2.75) is 26.3 Å². The van der Waals surface area contributed by atoms with Gasteiger partial charge in [-0.25, -0.2) is 0 Å². The number of carbonyl (C=O) groups excluding carboxylic acids is 3. The first kappa shape index (κ1) is 25.2. The first-order valence-corrected chi connectivity index (χ1v) is 11.7. The van der Waals surface area contributed by atoms with E-state index in [1.54, 1.807) is 31.3 Å². The van der Waals surface area contributed by atoms with Crippen LogP contribution in [0.15, 0.2) is 54.6 Å². The maximum Gasteiger partial charge on any atom is 0.251 e. The fraction of sp³-hybridized carbons (Fsp3) is 0.423. The first-order valence-electron chi connectivity index (χ1n) is 11.7. The molecule has 1 heterocycles. The number of hydrogen-bond acceptors (Lipinski definition) is 5. The number of anilines is 2. The van der Waals surface area contributed by atoms with Gasteiger partial charge >= 0.3 is 0 Å². The monoisotopic (exact) mass is 466 g/mol. The third kappa shape index (κ3) is 6.81. The van der Waals surface area contributed by atoms with E-state index in [9.17, 15) is 14.4 Å². The normalized spacial score (nSPS) is 15.2. The Hall–Kier alpha value is -3.39. The van der Waals surface area contributed by atoms with Crippen molar-refractivity contribution in [3.63, 3.8) is 0 Å². The average molecular weight is 467 g/mol. The van der Waals surface area contributed by atoms with Gasteiger partial charge < -0.3 is 25.2 Å². The molecule has 1 aliphatic rings. The van der Waals surface area contributed by atoms with Crippen LogP contribution in [0.1, 0.15) is 30.6 Å². The second kappa shape index (κ2) is 12.2.